The van der Waals surface area contributed by atoms with E-state index in [2.05, 4.69) is 0 Å². The van der Waals surface area contributed by atoms with E-state index >= 15 is 0 Å². The summed E-state index contributed by atoms with van der Waals surface area (Å²) in [6.45, 7) is 3.19. The standard InChI is InChI=1S/C15H15NO4/c1-10-8-16(14(18)13(10)11(2)17)15(19)20-9-12-6-4-3-5-7-12/h3-7H,8-9H2,1-2H3. The molecule has 1 aliphatic heterocycles. The summed E-state index contributed by atoms with van der Waals surface area (Å²) >= 11 is 0. The molecule has 104 valence electrons. The summed E-state index contributed by atoms with van der Waals surface area (Å²) < 4.78 is 5.09. The topological polar surface area (TPSA) is 63.7 Å². The zero-order valence-corrected chi connectivity index (χ0v) is 11.4. The molecule has 0 atom stereocenters. The summed E-state index contributed by atoms with van der Waals surface area (Å²) in [6.07, 6.45) is -0.727. The molecule has 0 saturated heterocycles. The van der Waals surface area contributed by atoms with Gasteiger partial charge in [-0.25, -0.2) is 9.69 Å². The fourth-order valence-corrected chi connectivity index (χ4v) is 2.10. The van der Waals surface area contributed by atoms with Crippen LogP contribution in [0.4, 0.5) is 4.79 Å². The maximum absolute atomic E-state index is 12.0. The molecular formula is C15H15NO4. The van der Waals surface area contributed by atoms with Crippen molar-refractivity contribution in [3.05, 3.63) is 47.0 Å². The van der Waals surface area contributed by atoms with Crippen LogP contribution in [0.2, 0.25) is 0 Å². The molecule has 1 aromatic rings. The van der Waals surface area contributed by atoms with Crippen molar-refractivity contribution in [2.24, 2.45) is 0 Å². The quantitative estimate of drug-likeness (QED) is 0.791. The van der Waals surface area contributed by atoms with Gasteiger partial charge in [-0.3, -0.25) is 9.59 Å². The lowest BCUT2D eigenvalue weighted by molar-refractivity contribution is -0.126. The Morgan fingerprint density at radius 3 is 2.45 bits per heavy atom. The number of benzene rings is 1. The third-order valence-corrected chi connectivity index (χ3v) is 3.06. The Kier molecular flexibility index (Phi) is 3.98. The van der Waals surface area contributed by atoms with E-state index in [9.17, 15) is 14.4 Å². The van der Waals surface area contributed by atoms with E-state index in [1.807, 2.05) is 30.3 Å². The average molecular weight is 273 g/mol. The normalized spacial score (nSPS) is 14.7. The first kappa shape index (κ1) is 14.0. The molecule has 20 heavy (non-hydrogen) atoms. The molecule has 0 bridgehead atoms. The highest BCUT2D eigenvalue weighted by Gasteiger charge is 2.35. The zero-order valence-electron chi connectivity index (χ0n) is 11.4. The summed E-state index contributed by atoms with van der Waals surface area (Å²) in [5, 5.41) is 0. The van der Waals surface area contributed by atoms with Crippen LogP contribution in [0, 0.1) is 0 Å². The third kappa shape index (κ3) is 2.77. The smallest absolute Gasteiger partial charge is 0.417 e. The minimum atomic E-state index is -0.727. The lowest BCUT2D eigenvalue weighted by Gasteiger charge is -2.14. The molecule has 0 unspecified atom stereocenters. The number of nitrogens with zero attached hydrogens (tertiary/aromatic N) is 1. The molecule has 1 aliphatic rings. The highest BCUT2D eigenvalue weighted by molar-refractivity contribution is 6.23. The Balaban J connectivity index is 1.99. The van der Waals surface area contributed by atoms with E-state index in [1.165, 1.54) is 6.92 Å². The van der Waals surface area contributed by atoms with Crippen LogP contribution in [0.1, 0.15) is 19.4 Å². The zero-order chi connectivity index (χ0) is 14.7. The summed E-state index contributed by atoms with van der Waals surface area (Å²) in [6, 6.07) is 9.18. The molecule has 0 N–H and O–H groups in total. The van der Waals surface area contributed by atoms with Crippen LogP contribution in [-0.4, -0.2) is 29.2 Å². The van der Waals surface area contributed by atoms with Gasteiger partial charge in [0.15, 0.2) is 5.78 Å². The molecule has 0 aromatic heterocycles. The van der Waals surface area contributed by atoms with Gasteiger partial charge in [-0.1, -0.05) is 30.3 Å². The van der Waals surface area contributed by atoms with Gasteiger partial charge in [-0.15, -0.1) is 0 Å². The van der Waals surface area contributed by atoms with Crippen LogP contribution < -0.4 is 0 Å². The number of carbonyl (C=O) groups is 3. The highest BCUT2D eigenvalue weighted by Crippen LogP contribution is 2.20. The first-order chi connectivity index (χ1) is 9.50. The number of rotatable bonds is 3. The van der Waals surface area contributed by atoms with E-state index in [0.29, 0.717) is 5.57 Å². The first-order valence-corrected chi connectivity index (χ1v) is 6.24. The largest absolute Gasteiger partial charge is 0.444 e. The fourth-order valence-electron chi connectivity index (χ4n) is 2.10. The maximum Gasteiger partial charge on any atom is 0.417 e. The van der Waals surface area contributed by atoms with Crippen molar-refractivity contribution in [3.8, 4) is 0 Å². The number of Topliss-reactive ketones (excluding diaryl/α,β-unsaturated/α-hetero) is 1. The molecule has 0 radical (unpaired) electrons. The number of ether oxygens (including phenoxy) is 1. The monoisotopic (exact) mass is 273 g/mol. The molecule has 5 nitrogen and oxygen atoms in total. The van der Waals surface area contributed by atoms with Crippen LogP contribution >= 0.6 is 0 Å². The summed E-state index contributed by atoms with van der Waals surface area (Å²) in [4.78, 5) is 36.2. The highest BCUT2D eigenvalue weighted by atomic mass is 16.6. The van der Waals surface area contributed by atoms with E-state index in [0.717, 1.165) is 10.5 Å². The molecule has 0 aliphatic carbocycles. The minimum absolute atomic E-state index is 0.0849. The molecule has 2 amide bonds. The lowest BCUT2D eigenvalue weighted by Crippen LogP contribution is -2.35. The number of hydrogen-bond acceptors (Lipinski definition) is 4. The van der Waals surface area contributed by atoms with Crippen LogP contribution in [0.5, 0.6) is 0 Å². The van der Waals surface area contributed by atoms with Gasteiger partial charge < -0.3 is 4.74 Å². The predicted molar refractivity (Wildman–Crippen MR) is 71.7 cm³/mol. The van der Waals surface area contributed by atoms with Crippen molar-refractivity contribution < 1.29 is 19.1 Å². The summed E-state index contributed by atoms with van der Waals surface area (Å²) in [7, 11) is 0. The molecule has 2 rings (SSSR count). The number of carbonyl (C=O) groups excluding carboxylic acids is 3. The molecule has 5 heteroatoms. The second-order valence-electron chi connectivity index (χ2n) is 4.64. The SMILES string of the molecule is CC(=O)C1=C(C)CN(C(=O)OCc2ccccc2)C1=O. The van der Waals surface area contributed by atoms with Crippen LogP contribution in [-0.2, 0) is 20.9 Å². The number of hydrogen-bond donors (Lipinski definition) is 0. The van der Waals surface area contributed by atoms with Crippen molar-refractivity contribution >= 4 is 17.8 Å². The Bertz CT molecular complexity index is 589. The number of ketones is 1. The number of imide groups is 1. The predicted octanol–water partition coefficient (Wildman–Crippen LogP) is 2.07. The van der Waals surface area contributed by atoms with Gasteiger partial charge in [-0.05, 0) is 25.0 Å². The number of amides is 2. The lowest BCUT2D eigenvalue weighted by atomic mass is 10.1. The summed E-state index contributed by atoms with van der Waals surface area (Å²) in [5.74, 6) is -0.904. The van der Waals surface area contributed by atoms with E-state index in [4.69, 9.17) is 4.74 Å². The average Bonchev–Trinajstić information content (AvgIpc) is 2.72. The van der Waals surface area contributed by atoms with E-state index < -0.39 is 12.0 Å². The van der Waals surface area contributed by atoms with Gasteiger partial charge in [0.1, 0.15) is 6.61 Å². The van der Waals surface area contributed by atoms with Gasteiger partial charge >= 0.3 is 6.09 Å². The second kappa shape index (κ2) is 5.69. The molecule has 0 saturated carbocycles. The van der Waals surface area contributed by atoms with Gasteiger partial charge in [0.05, 0.1) is 12.1 Å². The van der Waals surface area contributed by atoms with Crippen LogP contribution in [0.3, 0.4) is 0 Å². The van der Waals surface area contributed by atoms with Gasteiger partial charge in [-0.2, -0.15) is 0 Å². The molecule has 0 fully saturated rings. The summed E-state index contributed by atoms with van der Waals surface area (Å²) in [5.41, 5.74) is 1.52. The van der Waals surface area contributed by atoms with E-state index in [1.54, 1.807) is 6.92 Å². The first-order valence-electron chi connectivity index (χ1n) is 6.24. The Morgan fingerprint density at radius 1 is 1.25 bits per heavy atom. The van der Waals surface area contributed by atoms with Crippen LogP contribution in [0.25, 0.3) is 0 Å². The Morgan fingerprint density at radius 2 is 1.90 bits per heavy atom. The second-order valence-corrected chi connectivity index (χ2v) is 4.64. The van der Waals surface area contributed by atoms with Crippen molar-refractivity contribution in [3.63, 3.8) is 0 Å². The molecule has 1 aromatic carbocycles. The van der Waals surface area contributed by atoms with Gasteiger partial charge in [0, 0.05) is 0 Å². The van der Waals surface area contributed by atoms with E-state index in [-0.39, 0.29) is 24.5 Å². The van der Waals surface area contributed by atoms with Crippen molar-refractivity contribution in [1.82, 2.24) is 4.90 Å². The minimum Gasteiger partial charge on any atom is -0.444 e. The maximum atomic E-state index is 12.0. The van der Waals surface area contributed by atoms with Crippen molar-refractivity contribution in [2.45, 2.75) is 20.5 Å². The third-order valence-electron chi connectivity index (χ3n) is 3.06. The van der Waals surface area contributed by atoms with Gasteiger partial charge in [0.2, 0.25) is 0 Å². The van der Waals surface area contributed by atoms with Crippen molar-refractivity contribution in [2.75, 3.05) is 6.54 Å². The Hall–Kier alpha value is -2.43. The Labute approximate surface area is 116 Å². The van der Waals surface area contributed by atoms with Crippen molar-refractivity contribution in [1.29, 1.82) is 0 Å². The van der Waals surface area contributed by atoms with Crippen LogP contribution in [0.15, 0.2) is 41.5 Å². The molecule has 1 heterocycles. The fraction of sp³-hybridized carbons (Fsp3) is 0.267. The molecule has 0 spiro atoms. The molecular weight excluding hydrogens is 258 g/mol. The van der Waals surface area contributed by atoms with Gasteiger partial charge in [0.25, 0.3) is 5.91 Å².